The van der Waals surface area contributed by atoms with Gasteiger partial charge in [0.2, 0.25) is 0 Å². The van der Waals surface area contributed by atoms with E-state index in [1.165, 1.54) is 5.57 Å². The van der Waals surface area contributed by atoms with E-state index >= 15 is 0 Å². The average molecular weight is 254 g/mol. The second-order valence-corrected chi connectivity index (χ2v) is 5.01. The molecular weight excluding hydrogens is 236 g/mol. The first kappa shape index (κ1) is 12.2. The molecule has 2 aromatic rings. The molecule has 0 bridgehead atoms. The number of ether oxygens (including phenoxy) is 1. The van der Waals surface area contributed by atoms with E-state index in [0.717, 1.165) is 41.6 Å². The van der Waals surface area contributed by atoms with Crippen LogP contribution >= 0.6 is 0 Å². The molecule has 0 spiro atoms. The number of pyridine rings is 1. The van der Waals surface area contributed by atoms with Crippen LogP contribution in [0.3, 0.4) is 0 Å². The second kappa shape index (κ2) is 5.02. The molecule has 1 aromatic heterocycles. The number of para-hydroxylation sites is 1. The zero-order chi connectivity index (χ0) is 13.2. The molecule has 3 nitrogen and oxygen atoms in total. The molecule has 2 N–H and O–H groups in total. The van der Waals surface area contributed by atoms with Crippen molar-refractivity contribution in [2.24, 2.45) is 5.73 Å². The summed E-state index contributed by atoms with van der Waals surface area (Å²) in [6.07, 6.45) is 3.89. The third-order valence-corrected chi connectivity index (χ3v) is 3.57. The number of rotatable bonds is 2. The summed E-state index contributed by atoms with van der Waals surface area (Å²) in [7, 11) is 0. The number of hydrogen-bond donors (Lipinski definition) is 1. The number of hydrogen-bond acceptors (Lipinski definition) is 3. The van der Waals surface area contributed by atoms with Gasteiger partial charge in [0.05, 0.1) is 24.4 Å². The Kier molecular flexibility index (Phi) is 3.22. The summed E-state index contributed by atoms with van der Waals surface area (Å²) in [6.45, 7) is 2.81. The fourth-order valence-corrected chi connectivity index (χ4v) is 2.61. The SMILES string of the molecule is Cc1cc(C(N)C2=COCCC2)c2ccccc2n1. The van der Waals surface area contributed by atoms with Gasteiger partial charge in [-0.3, -0.25) is 4.98 Å². The van der Waals surface area contributed by atoms with Gasteiger partial charge in [-0.25, -0.2) is 0 Å². The van der Waals surface area contributed by atoms with Crippen LogP contribution in [-0.2, 0) is 4.74 Å². The zero-order valence-corrected chi connectivity index (χ0v) is 11.1. The summed E-state index contributed by atoms with van der Waals surface area (Å²) in [5.41, 5.74) is 10.7. The second-order valence-electron chi connectivity index (χ2n) is 5.01. The van der Waals surface area contributed by atoms with E-state index in [0.29, 0.717) is 0 Å². The smallest absolute Gasteiger partial charge is 0.0876 e. The minimum absolute atomic E-state index is 0.105. The highest BCUT2D eigenvalue weighted by Crippen LogP contribution is 2.30. The third-order valence-electron chi connectivity index (χ3n) is 3.57. The van der Waals surface area contributed by atoms with Crippen LogP contribution in [0.2, 0.25) is 0 Å². The predicted octanol–water partition coefficient (Wildman–Crippen LogP) is 3.24. The summed E-state index contributed by atoms with van der Waals surface area (Å²) >= 11 is 0. The van der Waals surface area contributed by atoms with Crippen LogP contribution in [0.1, 0.15) is 30.1 Å². The normalized spacial score (nSPS) is 16.8. The number of aryl methyl sites for hydroxylation is 1. The van der Waals surface area contributed by atoms with E-state index in [9.17, 15) is 0 Å². The molecule has 2 heterocycles. The number of nitrogens with zero attached hydrogens (tertiary/aromatic N) is 1. The zero-order valence-electron chi connectivity index (χ0n) is 11.1. The topological polar surface area (TPSA) is 48.1 Å². The lowest BCUT2D eigenvalue weighted by molar-refractivity contribution is 0.221. The van der Waals surface area contributed by atoms with Gasteiger partial charge in [0, 0.05) is 11.1 Å². The Labute approximate surface area is 113 Å². The first-order chi connectivity index (χ1) is 9.25. The molecule has 1 aliphatic heterocycles. The number of nitrogens with two attached hydrogens (primary N) is 1. The molecule has 0 saturated carbocycles. The summed E-state index contributed by atoms with van der Waals surface area (Å²) in [6, 6.07) is 10.1. The molecule has 0 aliphatic carbocycles. The molecule has 0 saturated heterocycles. The molecule has 98 valence electrons. The third kappa shape index (κ3) is 2.34. The van der Waals surface area contributed by atoms with E-state index in [-0.39, 0.29) is 6.04 Å². The number of aromatic nitrogens is 1. The summed E-state index contributed by atoms with van der Waals surface area (Å²) in [5, 5.41) is 1.13. The molecule has 1 unspecified atom stereocenters. The standard InChI is InChI=1S/C16H18N2O/c1-11-9-14(13-6-2-3-7-15(13)18-11)16(17)12-5-4-8-19-10-12/h2-3,6-7,9-10,16H,4-5,8,17H2,1H3. The highest BCUT2D eigenvalue weighted by Gasteiger charge is 2.17. The van der Waals surface area contributed by atoms with Gasteiger partial charge in [0.25, 0.3) is 0 Å². The van der Waals surface area contributed by atoms with Gasteiger partial charge in [0.1, 0.15) is 0 Å². The van der Waals surface area contributed by atoms with Gasteiger partial charge in [-0.05, 0) is 43.0 Å². The summed E-state index contributed by atoms with van der Waals surface area (Å²) < 4.78 is 5.41. The highest BCUT2D eigenvalue weighted by atomic mass is 16.5. The first-order valence-electron chi connectivity index (χ1n) is 6.68. The Bertz CT molecular complexity index is 634. The van der Waals surface area contributed by atoms with Crippen LogP contribution < -0.4 is 5.73 Å². The van der Waals surface area contributed by atoms with Gasteiger partial charge in [0.15, 0.2) is 0 Å². The maximum absolute atomic E-state index is 6.43. The summed E-state index contributed by atoms with van der Waals surface area (Å²) in [5.74, 6) is 0. The predicted molar refractivity (Wildman–Crippen MR) is 76.7 cm³/mol. The van der Waals surface area contributed by atoms with Gasteiger partial charge in [-0.2, -0.15) is 0 Å². The van der Waals surface area contributed by atoms with Crippen molar-refractivity contribution < 1.29 is 4.74 Å². The van der Waals surface area contributed by atoms with Gasteiger partial charge >= 0.3 is 0 Å². The molecule has 0 fully saturated rings. The van der Waals surface area contributed by atoms with Crippen LogP contribution in [-0.4, -0.2) is 11.6 Å². The van der Waals surface area contributed by atoms with Gasteiger partial charge in [-0.1, -0.05) is 18.2 Å². The maximum atomic E-state index is 6.43. The van der Waals surface area contributed by atoms with Crippen LogP contribution in [0.25, 0.3) is 10.9 Å². The molecular formula is C16H18N2O. The van der Waals surface area contributed by atoms with E-state index < -0.39 is 0 Å². The maximum Gasteiger partial charge on any atom is 0.0876 e. The van der Waals surface area contributed by atoms with Crippen LogP contribution in [0.15, 0.2) is 42.2 Å². The Balaban J connectivity index is 2.10. The lowest BCUT2D eigenvalue weighted by atomic mass is 9.93. The van der Waals surface area contributed by atoms with Crippen molar-refractivity contribution in [1.29, 1.82) is 0 Å². The van der Waals surface area contributed by atoms with E-state index in [2.05, 4.69) is 17.1 Å². The molecule has 3 rings (SSSR count). The monoisotopic (exact) mass is 254 g/mol. The largest absolute Gasteiger partial charge is 0.501 e. The van der Waals surface area contributed by atoms with Crippen LogP contribution in [0.5, 0.6) is 0 Å². The molecule has 19 heavy (non-hydrogen) atoms. The van der Waals surface area contributed by atoms with Crippen molar-refractivity contribution in [1.82, 2.24) is 4.98 Å². The fourth-order valence-electron chi connectivity index (χ4n) is 2.61. The Hall–Kier alpha value is -1.87. The number of fused-ring (bicyclic) bond motifs is 1. The van der Waals surface area contributed by atoms with Crippen molar-refractivity contribution >= 4 is 10.9 Å². The van der Waals surface area contributed by atoms with Gasteiger partial charge < -0.3 is 10.5 Å². The van der Waals surface area contributed by atoms with Crippen molar-refractivity contribution in [3.63, 3.8) is 0 Å². The lowest BCUT2D eigenvalue weighted by Gasteiger charge is -2.21. The average Bonchev–Trinajstić information content (AvgIpc) is 2.46. The van der Waals surface area contributed by atoms with Crippen molar-refractivity contribution in [2.75, 3.05) is 6.61 Å². The van der Waals surface area contributed by atoms with E-state index in [4.69, 9.17) is 10.5 Å². The Morgan fingerprint density at radius 3 is 2.95 bits per heavy atom. The molecule has 1 atom stereocenters. The fraction of sp³-hybridized carbons (Fsp3) is 0.312. The van der Waals surface area contributed by atoms with Gasteiger partial charge in [-0.15, -0.1) is 0 Å². The van der Waals surface area contributed by atoms with Crippen molar-refractivity contribution in [3.8, 4) is 0 Å². The van der Waals surface area contributed by atoms with Crippen molar-refractivity contribution in [3.05, 3.63) is 53.4 Å². The van der Waals surface area contributed by atoms with Crippen LogP contribution in [0.4, 0.5) is 0 Å². The van der Waals surface area contributed by atoms with E-state index in [1.54, 1.807) is 0 Å². The number of benzene rings is 1. The quantitative estimate of drug-likeness (QED) is 0.895. The molecule has 3 heteroatoms. The lowest BCUT2D eigenvalue weighted by Crippen LogP contribution is -2.17. The minimum Gasteiger partial charge on any atom is -0.501 e. The van der Waals surface area contributed by atoms with Crippen LogP contribution in [0, 0.1) is 6.92 Å². The molecule has 1 aliphatic rings. The minimum atomic E-state index is -0.105. The molecule has 0 amide bonds. The first-order valence-corrected chi connectivity index (χ1v) is 6.68. The van der Waals surface area contributed by atoms with Crippen molar-refractivity contribution in [2.45, 2.75) is 25.8 Å². The highest BCUT2D eigenvalue weighted by molar-refractivity contribution is 5.83. The Morgan fingerprint density at radius 1 is 1.32 bits per heavy atom. The van der Waals surface area contributed by atoms with E-state index in [1.807, 2.05) is 31.4 Å². The molecule has 1 aromatic carbocycles. The molecule has 0 radical (unpaired) electrons. The summed E-state index contributed by atoms with van der Waals surface area (Å²) in [4.78, 5) is 4.56. The Morgan fingerprint density at radius 2 is 2.16 bits per heavy atom.